The zero-order valence-corrected chi connectivity index (χ0v) is 40.4. The van der Waals surface area contributed by atoms with Crippen molar-refractivity contribution in [1.29, 1.82) is 0 Å². The van der Waals surface area contributed by atoms with Crippen LogP contribution in [0.2, 0.25) is 0 Å². The van der Waals surface area contributed by atoms with E-state index in [1.54, 1.807) is 0 Å². The molecule has 0 spiro atoms. The molecule has 0 aliphatic heterocycles. The molecule has 0 saturated carbocycles. The summed E-state index contributed by atoms with van der Waals surface area (Å²) in [6.45, 7) is 25.8. The van der Waals surface area contributed by atoms with Crippen molar-refractivity contribution in [1.82, 2.24) is 0 Å². The third kappa shape index (κ3) is 22.4. The first-order chi connectivity index (χ1) is 24.6. The van der Waals surface area contributed by atoms with Crippen molar-refractivity contribution in [3.05, 3.63) is 0 Å². The average molecular weight is 773 g/mol. The van der Waals surface area contributed by atoms with Crippen LogP contribution in [-0.2, 0) is 4.57 Å². The standard InChI is InChI=1S/C32H67P.C16H35O2P/c1-5-9-13-17-18-19-20-21-22-24-28-31(27-23-14-10-6-2)32(33,29-25-15-11-7-3)30-26-16-12-8-4;1-9-11-13(3)15(5,6)19(17,18)16(7,8)14(4)12-10-2/h31H,5-30,33H2,1-4H3;13-14H,9-12H2,1-8H3,(H,17,18). The highest BCUT2D eigenvalue weighted by molar-refractivity contribution is 7.61. The van der Waals surface area contributed by atoms with Crippen LogP contribution in [0.25, 0.3) is 0 Å². The third-order valence-electron chi connectivity index (χ3n) is 13.5. The van der Waals surface area contributed by atoms with Gasteiger partial charge in [0.15, 0.2) is 0 Å². The summed E-state index contributed by atoms with van der Waals surface area (Å²) in [4.78, 5) is 10.9. The summed E-state index contributed by atoms with van der Waals surface area (Å²) < 4.78 is 13.2. The lowest BCUT2D eigenvalue weighted by Gasteiger charge is -2.46. The van der Waals surface area contributed by atoms with Crippen LogP contribution in [0, 0.1) is 17.8 Å². The van der Waals surface area contributed by atoms with Crippen LogP contribution < -0.4 is 0 Å². The highest BCUT2D eigenvalue weighted by Crippen LogP contribution is 2.69. The van der Waals surface area contributed by atoms with E-state index in [4.69, 9.17) is 0 Å². The Balaban J connectivity index is 0. The minimum absolute atomic E-state index is 0.265. The molecule has 2 nitrogen and oxygen atoms in total. The minimum Gasteiger partial charge on any atom is -0.344 e. The summed E-state index contributed by atoms with van der Waals surface area (Å²) in [5.74, 6) is 1.47. The molecule has 0 aliphatic carbocycles. The highest BCUT2D eigenvalue weighted by Gasteiger charge is 2.54. The predicted molar refractivity (Wildman–Crippen MR) is 245 cm³/mol. The quantitative estimate of drug-likeness (QED) is 0.0514. The third-order valence-corrected chi connectivity index (χ3v) is 18.6. The van der Waals surface area contributed by atoms with Crippen LogP contribution in [0.1, 0.15) is 276 Å². The molecule has 0 radical (unpaired) electrons. The fourth-order valence-corrected chi connectivity index (χ4v) is 12.3. The SMILES string of the molecule is CCCC(C)C(C)(C)P(=O)(O)C(C)(C)C(C)CCC.CCCCCCCCCCCCC(CCCCCC)C(P)(CCCCCC)CCCCCC. The molecule has 0 heterocycles. The van der Waals surface area contributed by atoms with Crippen molar-refractivity contribution >= 4 is 16.6 Å². The van der Waals surface area contributed by atoms with Gasteiger partial charge in [-0.25, -0.2) is 0 Å². The maximum Gasteiger partial charge on any atom is 0.211 e. The molecule has 0 aromatic heterocycles. The monoisotopic (exact) mass is 773 g/mol. The topological polar surface area (TPSA) is 37.3 Å². The molecular weight excluding hydrogens is 670 g/mol. The molecule has 0 fully saturated rings. The summed E-state index contributed by atoms with van der Waals surface area (Å²) in [5, 5.41) is -0.518. The molecule has 0 bridgehead atoms. The second-order valence-electron chi connectivity index (χ2n) is 18.6. The minimum atomic E-state index is -3.27. The van der Waals surface area contributed by atoms with E-state index in [9.17, 15) is 9.46 Å². The van der Waals surface area contributed by atoms with E-state index in [2.05, 4.69) is 64.6 Å². The van der Waals surface area contributed by atoms with Crippen LogP contribution in [-0.4, -0.2) is 20.4 Å². The van der Waals surface area contributed by atoms with E-state index in [0.717, 1.165) is 31.6 Å². The lowest BCUT2D eigenvalue weighted by atomic mass is 9.77. The molecule has 4 atom stereocenters. The van der Waals surface area contributed by atoms with Gasteiger partial charge in [0.05, 0.1) is 0 Å². The van der Waals surface area contributed by atoms with E-state index in [0.29, 0.717) is 5.16 Å². The first kappa shape index (κ1) is 54.7. The Morgan fingerprint density at radius 1 is 0.442 bits per heavy atom. The number of rotatable bonds is 35. The van der Waals surface area contributed by atoms with Gasteiger partial charge in [-0.15, -0.1) is 9.24 Å². The Hall–Kier alpha value is 0.620. The average Bonchev–Trinajstić information content (AvgIpc) is 3.10. The molecule has 52 heavy (non-hydrogen) atoms. The fourth-order valence-electron chi connectivity index (χ4n) is 8.62. The number of hydrogen-bond acceptors (Lipinski definition) is 1. The van der Waals surface area contributed by atoms with Gasteiger partial charge in [-0.3, -0.25) is 4.57 Å². The molecule has 0 rings (SSSR count). The van der Waals surface area contributed by atoms with Gasteiger partial charge in [0, 0.05) is 10.3 Å². The zero-order chi connectivity index (χ0) is 39.9. The van der Waals surface area contributed by atoms with Gasteiger partial charge in [-0.1, -0.05) is 237 Å². The zero-order valence-electron chi connectivity index (χ0n) is 38.3. The normalized spacial score (nSPS) is 15.5. The van der Waals surface area contributed by atoms with Crippen molar-refractivity contribution in [2.45, 2.75) is 291 Å². The highest BCUT2D eigenvalue weighted by atomic mass is 31.2. The van der Waals surface area contributed by atoms with Gasteiger partial charge in [0.2, 0.25) is 7.37 Å². The molecule has 4 unspecified atom stereocenters. The van der Waals surface area contributed by atoms with Crippen LogP contribution in [0.4, 0.5) is 0 Å². The maximum atomic E-state index is 13.2. The first-order valence-electron chi connectivity index (χ1n) is 23.7. The summed E-state index contributed by atoms with van der Waals surface area (Å²) in [5.41, 5.74) is 0. The summed E-state index contributed by atoms with van der Waals surface area (Å²) in [6, 6.07) is 0. The smallest absolute Gasteiger partial charge is 0.211 e. The van der Waals surface area contributed by atoms with Gasteiger partial charge in [-0.2, -0.15) is 0 Å². The number of unbranched alkanes of at least 4 members (excludes halogenated alkanes) is 18. The Labute approximate surface area is 333 Å². The Morgan fingerprint density at radius 3 is 1.02 bits per heavy atom. The van der Waals surface area contributed by atoms with E-state index in [1.807, 2.05) is 27.7 Å². The molecule has 0 aliphatic rings. The molecule has 1 N–H and O–H groups in total. The molecule has 0 saturated heterocycles. The first-order valence-corrected chi connectivity index (χ1v) is 26.0. The molecular formula is C48H102O2P2. The van der Waals surface area contributed by atoms with E-state index < -0.39 is 17.7 Å². The fraction of sp³-hybridized carbons (Fsp3) is 1.00. The van der Waals surface area contributed by atoms with Gasteiger partial charge < -0.3 is 4.89 Å². The molecule has 0 amide bonds. The lowest BCUT2D eigenvalue weighted by Crippen LogP contribution is -2.41. The van der Waals surface area contributed by atoms with Crippen molar-refractivity contribution < 1.29 is 9.46 Å². The second kappa shape index (κ2) is 32.7. The Kier molecular flexibility index (Phi) is 34.4. The summed E-state index contributed by atoms with van der Waals surface area (Å²) in [6.07, 6.45) is 41.8. The van der Waals surface area contributed by atoms with E-state index in [1.165, 1.54) is 167 Å². The van der Waals surface area contributed by atoms with Crippen molar-refractivity contribution in [2.75, 3.05) is 0 Å². The predicted octanol–water partition coefficient (Wildman–Crippen LogP) is 18.1. The second-order valence-corrected chi connectivity index (χ2v) is 23.2. The van der Waals surface area contributed by atoms with Crippen molar-refractivity contribution in [2.24, 2.45) is 17.8 Å². The van der Waals surface area contributed by atoms with E-state index >= 15 is 0 Å². The van der Waals surface area contributed by atoms with Crippen molar-refractivity contribution in [3.8, 4) is 0 Å². The molecule has 316 valence electrons. The lowest BCUT2D eigenvalue weighted by molar-refractivity contribution is 0.270. The van der Waals surface area contributed by atoms with Crippen LogP contribution >= 0.6 is 16.6 Å². The van der Waals surface area contributed by atoms with E-state index in [-0.39, 0.29) is 11.8 Å². The largest absolute Gasteiger partial charge is 0.344 e. The Morgan fingerprint density at radius 2 is 0.712 bits per heavy atom. The summed E-state index contributed by atoms with van der Waals surface area (Å²) >= 11 is 0. The van der Waals surface area contributed by atoms with Crippen LogP contribution in [0.3, 0.4) is 0 Å². The van der Waals surface area contributed by atoms with Crippen LogP contribution in [0.5, 0.6) is 0 Å². The Bertz CT molecular complexity index is 781. The van der Waals surface area contributed by atoms with Crippen molar-refractivity contribution in [3.63, 3.8) is 0 Å². The molecule has 0 aromatic carbocycles. The van der Waals surface area contributed by atoms with Crippen LogP contribution in [0.15, 0.2) is 0 Å². The van der Waals surface area contributed by atoms with Gasteiger partial charge in [-0.05, 0) is 61.4 Å². The van der Waals surface area contributed by atoms with Gasteiger partial charge in [0.1, 0.15) is 0 Å². The molecule has 0 aromatic rings. The van der Waals surface area contributed by atoms with Gasteiger partial charge >= 0.3 is 0 Å². The summed E-state index contributed by atoms with van der Waals surface area (Å²) in [7, 11) is 0.215. The van der Waals surface area contributed by atoms with Gasteiger partial charge in [0.25, 0.3) is 0 Å². The number of hydrogen-bond donors (Lipinski definition) is 1. The molecule has 4 heteroatoms. The maximum absolute atomic E-state index is 13.2.